The molecule has 6 rings (SSSR count). The van der Waals surface area contributed by atoms with Gasteiger partial charge >= 0.3 is 0 Å². The minimum Gasteiger partial charge on any atom is -0.497 e. The van der Waals surface area contributed by atoms with E-state index < -0.39 is 8.32 Å². The molecule has 0 spiro atoms. The molecule has 0 saturated carbocycles. The highest BCUT2D eigenvalue weighted by atomic mass is 28.4. The van der Waals surface area contributed by atoms with Crippen molar-refractivity contribution in [3.8, 4) is 5.75 Å². The molecule has 0 aliphatic carbocycles. The summed E-state index contributed by atoms with van der Waals surface area (Å²) in [4.78, 5) is 2.76. The van der Waals surface area contributed by atoms with Gasteiger partial charge in [-0.05, 0) is 60.0 Å². The van der Waals surface area contributed by atoms with E-state index in [1.54, 1.807) is 7.11 Å². The lowest BCUT2D eigenvalue weighted by atomic mass is 9.61. The number of nitrogens with zero attached hydrogens (tertiary/aromatic N) is 2. The van der Waals surface area contributed by atoms with Crippen molar-refractivity contribution < 1.29 is 14.3 Å². The number of rotatable bonds is 8. The molecule has 5 heterocycles. The number of aromatic nitrogens is 1. The quantitative estimate of drug-likeness (QED) is 0.422. The van der Waals surface area contributed by atoms with Crippen molar-refractivity contribution in [3.63, 3.8) is 0 Å². The monoisotopic (exact) mass is 512 g/mol. The maximum atomic E-state index is 10.8. The van der Waals surface area contributed by atoms with E-state index in [0.29, 0.717) is 46.5 Å². The minimum absolute atomic E-state index is 0.278. The zero-order valence-corrected chi connectivity index (χ0v) is 24.9. The molecule has 2 unspecified atom stereocenters. The molecule has 4 aliphatic rings. The Morgan fingerprint density at radius 2 is 1.72 bits per heavy atom. The van der Waals surface area contributed by atoms with Gasteiger partial charge in [-0.2, -0.15) is 0 Å². The molecule has 4 aliphatic heterocycles. The summed E-state index contributed by atoms with van der Waals surface area (Å²) in [7, 11) is 2.02. The molecule has 0 amide bonds. The van der Waals surface area contributed by atoms with Crippen LogP contribution in [0.1, 0.15) is 72.2 Å². The molecule has 2 aromatic rings. The summed E-state index contributed by atoms with van der Waals surface area (Å²) in [5, 5.41) is 12.2. The molecule has 4 bridgehead atoms. The van der Waals surface area contributed by atoms with Gasteiger partial charge in [0.1, 0.15) is 5.75 Å². The van der Waals surface area contributed by atoms with Crippen LogP contribution in [0.25, 0.3) is 10.9 Å². The van der Waals surface area contributed by atoms with E-state index in [0.717, 1.165) is 31.7 Å². The number of aliphatic hydroxyl groups is 1. The molecule has 1 N–H and O–H groups in total. The van der Waals surface area contributed by atoms with Crippen molar-refractivity contribution >= 4 is 19.2 Å². The molecule has 0 radical (unpaired) electrons. The highest BCUT2D eigenvalue weighted by molar-refractivity contribution is 6.77. The third-order valence-electron chi connectivity index (χ3n) is 10.5. The summed E-state index contributed by atoms with van der Waals surface area (Å²) >= 11 is 0. The summed E-state index contributed by atoms with van der Waals surface area (Å²) in [5.41, 5.74) is 6.05. The minimum atomic E-state index is -1.95. The third-order valence-corrected chi connectivity index (χ3v) is 16.6. The normalized spacial score (nSPS) is 30.5. The van der Waals surface area contributed by atoms with E-state index in [4.69, 9.17) is 9.16 Å². The average molecular weight is 513 g/mol. The predicted molar refractivity (Wildman–Crippen MR) is 150 cm³/mol. The van der Waals surface area contributed by atoms with Gasteiger partial charge in [0.05, 0.1) is 24.8 Å². The van der Waals surface area contributed by atoms with E-state index in [2.05, 4.69) is 76.3 Å². The average Bonchev–Trinajstić information content (AvgIpc) is 3.10. The van der Waals surface area contributed by atoms with Crippen molar-refractivity contribution in [2.45, 2.75) is 96.1 Å². The lowest BCUT2D eigenvalue weighted by Crippen LogP contribution is -2.65. The summed E-state index contributed by atoms with van der Waals surface area (Å²) in [6.45, 7) is 18.1. The SMILES string of the molecule is COc1ccc2c3c(n(C)c2c1)[C@@H]1C[C@@H]2[C@@H](CO[Si](C(C)C)(C(C)C)C(C)C)[C@H](C3)N1C[C@H]2C(C)O. The molecule has 1 aromatic carbocycles. The van der Waals surface area contributed by atoms with Crippen LogP contribution in [0.3, 0.4) is 0 Å². The number of fused-ring (bicyclic) bond motifs is 4. The molecule has 1 aromatic heterocycles. The van der Waals surface area contributed by atoms with Crippen molar-refractivity contribution in [3.05, 3.63) is 29.5 Å². The van der Waals surface area contributed by atoms with Crippen LogP contribution in [0.15, 0.2) is 18.2 Å². The van der Waals surface area contributed by atoms with E-state index >= 15 is 0 Å². The highest BCUT2D eigenvalue weighted by Crippen LogP contribution is 2.56. The van der Waals surface area contributed by atoms with E-state index in [1.807, 2.05) is 6.92 Å². The van der Waals surface area contributed by atoms with Crippen LogP contribution in [0.5, 0.6) is 5.75 Å². The van der Waals surface area contributed by atoms with Crippen LogP contribution in [-0.4, -0.2) is 55.3 Å². The van der Waals surface area contributed by atoms with Gasteiger partial charge in [0.2, 0.25) is 0 Å². The Kier molecular flexibility index (Phi) is 6.89. The van der Waals surface area contributed by atoms with Gasteiger partial charge in [0, 0.05) is 55.2 Å². The van der Waals surface area contributed by atoms with Gasteiger partial charge in [-0.3, -0.25) is 4.90 Å². The second-order valence-electron chi connectivity index (χ2n) is 12.9. The lowest BCUT2D eigenvalue weighted by molar-refractivity contribution is -0.137. The number of hydrogen-bond acceptors (Lipinski definition) is 4. The van der Waals surface area contributed by atoms with Gasteiger partial charge in [-0.15, -0.1) is 0 Å². The number of piperidine rings is 3. The number of aryl methyl sites for hydroxylation is 1. The highest BCUT2D eigenvalue weighted by Gasteiger charge is 2.57. The number of hydrogen-bond donors (Lipinski definition) is 1. The zero-order chi connectivity index (χ0) is 26.1. The van der Waals surface area contributed by atoms with Crippen LogP contribution >= 0.6 is 0 Å². The van der Waals surface area contributed by atoms with Crippen LogP contribution in [0, 0.1) is 17.8 Å². The summed E-state index contributed by atoms with van der Waals surface area (Å²) < 4.78 is 15.2. The summed E-state index contributed by atoms with van der Waals surface area (Å²) in [6.07, 6.45) is 1.92. The van der Waals surface area contributed by atoms with Crippen molar-refractivity contribution in [1.29, 1.82) is 0 Å². The fourth-order valence-electron chi connectivity index (χ4n) is 8.98. The number of benzene rings is 1. The number of methoxy groups -OCH3 is 1. The third kappa shape index (κ3) is 3.73. The van der Waals surface area contributed by atoms with Gasteiger partial charge in [0.15, 0.2) is 8.32 Å². The Morgan fingerprint density at radius 3 is 2.31 bits per heavy atom. The van der Waals surface area contributed by atoms with E-state index in [1.165, 1.54) is 22.2 Å². The Balaban J connectivity index is 1.54. The van der Waals surface area contributed by atoms with Crippen molar-refractivity contribution in [1.82, 2.24) is 9.47 Å². The van der Waals surface area contributed by atoms with Crippen molar-refractivity contribution in [2.75, 3.05) is 20.3 Å². The van der Waals surface area contributed by atoms with Gasteiger partial charge < -0.3 is 18.8 Å². The fourth-order valence-corrected chi connectivity index (χ4v) is 14.5. The molecule has 200 valence electrons. The topological polar surface area (TPSA) is 46.9 Å². The van der Waals surface area contributed by atoms with Crippen LogP contribution in [-0.2, 0) is 17.9 Å². The smallest absolute Gasteiger partial charge is 0.200 e. The first-order valence-corrected chi connectivity index (χ1v) is 16.4. The molecule has 7 atom stereocenters. The Morgan fingerprint density at radius 1 is 1.06 bits per heavy atom. The molecule has 3 saturated heterocycles. The Labute approximate surface area is 219 Å². The van der Waals surface area contributed by atoms with Crippen LogP contribution in [0.4, 0.5) is 0 Å². The molecule has 36 heavy (non-hydrogen) atoms. The largest absolute Gasteiger partial charge is 0.497 e. The first kappa shape index (κ1) is 26.3. The number of ether oxygens (including phenoxy) is 1. The van der Waals surface area contributed by atoms with E-state index in [9.17, 15) is 5.11 Å². The van der Waals surface area contributed by atoms with Gasteiger partial charge in [0.25, 0.3) is 0 Å². The predicted octanol–water partition coefficient (Wildman–Crippen LogP) is 6.29. The van der Waals surface area contributed by atoms with Crippen molar-refractivity contribution in [2.24, 2.45) is 24.8 Å². The molecule has 3 fully saturated rings. The molecular formula is C30H48N2O3Si. The maximum Gasteiger partial charge on any atom is 0.200 e. The van der Waals surface area contributed by atoms with Gasteiger partial charge in [-0.25, -0.2) is 0 Å². The maximum absolute atomic E-state index is 10.8. The zero-order valence-electron chi connectivity index (χ0n) is 23.9. The van der Waals surface area contributed by atoms with E-state index in [-0.39, 0.29) is 6.10 Å². The first-order valence-electron chi connectivity index (χ1n) is 14.3. The summed E-state index contributed by atoms with van der Waals surface area (Å²) in [6, 6.07) is 7.48. The van der Waals surface area contributed by atoms with Crippen LogP contribution < -0.4 is 4.74 Å². The summed E-state index contributed by atoms with van der Waals surface area (Å²) in [5.74, 6) is 2.22. The Hall–Kier alpha value is -1.34. The fraction of sp³-hybridized carbons (Fsp3) is 0.733. The molecular weight excluding hydrogens is 464 g/mol. The molecule has 6 heteroatoms. The standard InChI is InChI=1S/C30H48N2O3Si/c1-17(2)36(18(3)4,19(5)6)35-16-26-23-13-29-30-24(14-28(26)32(29)15-25(23)20(7)33)22-11-10-21(34-9)12-27(22)31(30)8/h10-12,17-20,23,25-26,28-29,33H,13-16H2,1-9H3/t20?,23-,25-,26+,28-,29-/m0/s1. The Bertz CT molecular complexity index is 1090. The first-order chi connectivity index (χ1) is 17.0. The van der Waals surface area contributed by atoms with Crippen LogP contribution in [0.2, 0.25) is 16.6 Å². The lowest BCUT2D eigenvalue weighted by Gasteiger charge is -2.61. The second kappa shape index (κ2) is 9.44. The number of aliphatic hydroxyl groups excluding tert-OH is 1. The molecule has 5 nitrogen and oxygen atoms in total. The second-order valence-corrected chi connectivity index (χ2v) is 18.3. The van der Waals surface area contributed by atoms with Gasteiger partial charge in [-0.1, -0.05) is 41.5 Å².